The van der Waals surface area contributed by atoms with Gasteiger partial charge in [-0.3, -0.25) is 0 Å². The van der Waals surface area contributed by atoms with Gasteiger partial charge in [0.15, 0.2) is 0 Å². The topological polar surface area (TPSA) is 44.5 Å². The molecule has 2 N–H and O–H groups in total. The number of nitrogens with two attached hydrogens (primary N) is 1. The standard InChI is InChI=1S/C14H23NO2/c1-11(2)9-17-13-7-5-12(6-8-13)14(3,15)10-16-4/h5-8,11H,9-10,15H2,1-4H3. The lowest BCUT2D eigenvalue weighted by Gasteiger charge is -2.24. The van der Waals surface area contributed by atoms with E-state index < -0.39 is 5.54 Å². The highest BCUT2D eigenvalue weighted by Gasteiger charge is 2.20. The van der Waals surface area contributed by atoms with Crippen molar-refractivity contribution in [3.63, 3.8) is 0 Å². The predicted molar refractivity (Wildman–Crippen MR) is 70.2 cm³/mol. The van der Waals surface area contributed by atoms with Crippen molar-refractivity contribution in [3.8, 4) is 5.75 Å². The van der Waals surface area contributed by atoms with Gasteiger partial charge in [-0.2, -0.15) is 0 Å². The first kappa shape index (κ1) is 14.0. The second-order valence-corrected chi connectivity index (χ2v) is 5.08. The number of hydrogen-bond acceptors (Lipinski definition) is 3. The monoisotopic (exact) mass is 237 g/mol. The molecule has 0 bridgehead atoms. The smallest absolute Gasteiger partial charge is 0.119 e. The van der Waals surface area contributed by atoms with Crippen molar-refractivity contribution >= 4 is 0 Å². The van der Waals surface area contributed by atoms with E-state index in [0.29, 0.717) is 12.5 Å². The van der Waals surface area contributed by atoms with Crippen LogP contribution in [0.15, 0.2) is 24.3 Å². The summed E-state index contributed by atoms with van der Waals surface area (Å²) in [6, 6.07) is 7.90. The molecule has 0 aromatic heterocycles. The van der Waals surface area contributed by atoms with Crippen LogP contribution in [-0.2, 0) is 10.3 Å². The Kier molecular flexibility index (Phi) is 4.97. The van der Waals surface area contributed by atoms with Gasteiger partial charge in [0.05, 0.1) is 18.8 Å². The fourth-order valence-corrected chi connectivity index (χ4v) is 1.58. The van der Waals surface area contributed by atoms with Crippen LogP contribution in [-0.4, -0.2) is 20.3 Å². The Morgan fingerprint density at radius 2 is 1.82 bits per heavy atom. The van der Waals surface area contributed by atoms with Gasteiger partial charge in [0, 0.05) is 7.11 Å². The van der Waals surface area contributed by atoms with Crippen molar-refractivity contribution in [2.24, 2.45) is 11.7 Å². The molecule has 0 saturated carbocycles. The molecule has 1 atom stereocenters. The molecule has 0 radical (unpaired) electrons. The first-order chi connectivity index (χ1) is 7.95. The summed E-state index contributed by atoms with van der Waals surface area (Å²) >= 11 is 0. The van der Waals surface area contributed by atoms with Gasteiger partial charge in [-0.05, 0) is 30.5 Å². The van der Waals surface area contributed by atoms with E-state index in [-0.39, 0.29) is 0 Å². The van der Waals surface area contributed by atoms with Gasteiger partial charge in [0.1, 0.15) is 5.75 Å². The molecule has 3 nitrogen and oxygen atoms in total. The molecular formula is C14H23NO2. The van der Waals surface area contributed by atoms with E-state index >= 15 is 0 Å². The SMILES string of the molecule is COCC(C)(N)c1ccc(OCC(C)C)cc1. The number of methoxy groups -OCH3 is 1. The zero-order chi connectivity index (χ0) is 12.9. The summed E-state index contributed by atoms with van der Waals surface area (Å²) in [6.45, 7) is 7.45. The third-order valence-corrected chi connectivity index (χ3v) is 2.54. The fraction of sp³-hybridized carbons (Fsp3) is 0.571. The average molecular weight is 237 g/mol. The van der Waals surface area contributed by atoms with Crippen LogP contribution in [0, 0.1) is 5.92 Å². The van der Waals surface area contributed by atoms with Crippen molar-refractivity contribution in [1.82, 2.24) is 0 Å². The molecule has 0 aliphatic heterocycles. The van der Waals surface area contributed by atoms with E-state index in [1.165, 1.54) is 0 Å². The number of hydrogen-bond donors (Lipinski definition) is 1. The summed E-state index contributed by atoms with van der Waals surface area (Å²) in [4.78, 5) is 0. The highest BCUT2D eigenvalue weighted by molar-refractivity contribution is 5.31. The Hall–Kier alpha value is -1.06. The Labute approximate surface area is 104 Å². The number of ether oxygens (including phenoxy) is 2. The lowest BCUT2D eigenvalue weighted by atomic mass is 9.94. The Bertz CT molecular complexity index is 331. The summed E-state index contributed by atoms with van der Waals surface area (Å²) in [7, 11) is 1.66. The normalized spacial score (nSPS) is 14.7. The van der Waals surface area contributed by atoms with Gasteiger partial charge in [-0.1, -0.05) is 26.0 Å². The van der Waals surface area contributed by atoms with Crippen LogP contribution in [0.4, 0.5) is 0 Å². The van der Waals surface area contributed by atoms with E-state index in [1.807, 2.05) is 31.2 Å². The predicted octanol–water partition coefficient (Wildman–Crippen LogP) is 2.54. The van der Waals surface area contributed by atoms with Crippen molar-refractivity contribution in [2.45, 2.75) is 26.3 Å². The molecule has 1 rings (SSSR count). The van der Waals surface area contributed by atoms with Crippen LogP contribution in [0.25, 0.3) is 0 Å². The maximum Gasteiger partial charge on any atom is 0.119 e. The van der Waals surface area contributed by atoms with E-state index in [4.69, 9.17) is 15.2 Å². The molecule has 0 saturated heterocycles. The third-order valence-electron chi connectivity index (χ3n) is 2.54. The molecule has 0 amide bonds. The van der Waals surface area contributed by atoms with Crippen LogP contribution in [0.5, 0.6) is 5.75 Å². The lowest BCUT2D eigenvalue weighted by molar-refractivity contribution is 0.141. The van der Waals surface area contributed by atoms with Gasteiger partial charge in [-0.15, -0.1) is 0 Å². The van der Waals surface area contributed by atoms with Crippen molar-refractivity contribution < 1.29 is 9.47 Å². The fourth-order valence-electron chi connectivity index (χ4n) is 1.58. The van der Waals surface area contributed by atoms with Crippen molar-refractivity contribution in [3.05, 3.63) is 29.8 Å². The Balaban J connectivity index is 2.67. The summed E-state index contributed by atoms with van der Waals surface area (Å²) in [5.41, 5.74) is 6.75. The van der Waals surface area contributed by atoms with E-state index in [9.17, 15) is 0 Å². The third kappa shape index (κ3) is 4.36. The molecule has 0 aliphatic carbocycles. The van der Waals surface area contributed by atoms with Crippen LogP contribution in [0.1, 0.15) is 26.3 Å². The molecule has 1 aromatic rings. The first-order valence-electron chi connectivity index (χ1n) is 5.97. The molecule has 0 heterocycles. The molecule has 0 aliphatic rings. The van der Waals surface area contributed by atoms with Crippen LogP contribution >= 0.6 is 0 Å². The minimum absolute atomic E-state index is 0.453. The van der Waals surface area contributed by atoms with Crippen molar-refractivity contribution in [2.75, 3.05) is 20.3 Å². The molecule has 3 heteroatoms. The first-order valence-corrected chi connectivity index (χ1v) is 5.97. The maximum atomic E-state index is 6.16. The molecular weight excluding hydrogens is 214 g/mol. The number of rotatable bonds is 6. The van der Waals surface area contributed by atoms with Gasteiger partial charge >= 0.3 is 0 Å². The van der Waals surface area contributed by atoms with E-state index in [2.05, 4.69) is 13.8 Å². The maximum absolute atomic E-state index is 6.16. The molecule has 0 fully saturated rings. The van der Waals surface area contributed by atoms with E-state index in [1.54, 1.807) is 7.11 Å². The van der Waals surface area contributed by atoms with Gasteiger partial charge < -0.3 is 15.2 Å². The summed E-state index contributed by atoms with van der Waals surface area (Å²) in [5, 5.41) is 0. The van der Waals surface area contributed by atoms with Crippen LogP contribution in [0.3, 0.4) is 0 Å². The van der Waals surface area contributed by atoms with Crippen molar-refractivity contribution in [1.29, 1.82) is 0 Å². The minimum atomic E-state index is -0.453. The molecule has 17 heavy (non-hydrogen) atoms. The van der Waals surface area contributed by atoms with Gasteiger partial charge in [0.2, 0.25) is 0 Å². The van der Waals surface area contributed by atoms with Crippen LogP contribution < -0.4 is 10.5 Å². The quantitative estimate of drug-likeness (QED) is 0.827. The molecule has 1 aromatic carbocycles. The zero-order valence-corrected chi connectivity index (χ0v) is 11.2. The second-order valence-electron chi connectivity index (χ2n) is 5.08. The summed E-state index contributed by atoms with van der Waals surface area (Å²) in [6.07, 6.45) is 0. The van der Waals surface area contributed by atoms with Gasteiger partial charge in [-0.25, -0.2) is 0 Å². The lowest BCUT2D eigenvalue weighted by Crippen LogP contribution is -2.37. The highest BCUT2D eigenvalue weighted by Crippen LogP contribution is 2.21. The molecule has 96 valence electrons. The Morgan fingerprint density at radius 1 is 1.24 bits per heavy atom. The highest BCUT2D eigenvalue weighted by atomic mass is 16.5. The average Bonchev–Trinajstić information content (AvgIpc) is 2.27. The van der Waals surface area contributed by atoms with Gasteiger partial charge in [0.25, 0.3) is 0 Å². The Morgan fingerprint density at radius 3 is 2.29 bits per heavy atom. The zero-order valence-electron chi connectivity index (χ0n) is 11.2. The van der Waals surface area contributed by atoms with Crippen LogP contribution in [0.2, 0.25) is 0 Å². The second kappa shape index (κ2) is 6.03. The van der Waals surface area contributed by atoms with E-state index in [0.717, 1.165) is 17.9 Å². The summed E-state index contributed by atoms with van der Waals surface area (Å²) in [5.74, 6) is 1.42. The minimum Gasteiger partial charge on any atom is -0.493 e. The number of benzene rings is 1. The summed E-state index contributed by atoms with van der Waals surface area (Å²) < 4.78 is 10.7. The molecule has 1 unspecified atom stereocenters. The molecule has 0 spiro atoms. The largest absolute Gasteiger partial charge is 0.493 e.